The van der Waals surface area contributed by atoms with Crippen LogP contribution in [0.5, 0.6) is 0 Å². The molecule has 1 amide bonds. The van der Waals surface area contributed by atoms with E-state index in [4.69, 9.17) is 11.6 Å². The third-order valence-corrected chi connectivity index (χ3v) is 8.00. The fraction of sp³-hybridized carbons (Fsp3) is 0.222. The predicted octanol–water partition coefficient (Wildman–Crippen LogP) is 4.89. The number of hydrogen-bond donors (Lipinski definition) is 1. The van der Waals surface area contributed by atoms with Crippen LogP contribution in [0.25, 0.3) is 10.6 Å². The van der Waals surface area contributed by atoms with E-state index in [2.05, 4.69) is 10.3 Å². The van der Waals surface area contributed by atoms with Crippen molar-refractivity contribution in [3.8, 4) is 10.6 Å². The van der Waals surface area contributed by atoms with Gasteiger partial charge in [0.25, 0.3) is 0 Å². The van der Waals surface area contributed by atoms with Crippen LogP contribution in [0, 0.1) is 0 Å². The van der Waals surface area contributed by atoms with Crippen LogP contribution in [-0.2, 0) is 21.1 Å². The van der Waals surface area contributed by atoms with Crippen molar-refractivity contribution >= 4 is 55.2 Å². The molecule has 142 valence electrons. The number of rotatable bonds is 6. The van der Waals surface area contributed by atoms with Crippen molar-refractivity contribution in [3.63, 3.8) is 0 Å². The number of aromatic nitrogens is 1. The Hall–Kier alpha value is -1.74. The Kier molecular flexibility index (Phi) is 6.00. The molecular formula is C18H17ClN2O3S3. The molecule has 1 N–H and O–H groups in total. The third kappa shape index (κ3) is 4.76. The lowest BCUT2D eigenvalue weighted by atomic mass is 10.1. The zero-order valence-electron chi connectivity index (χ0n) is 14.6. The molecule has 5 nitrogen and oxygen atoms in total. The molecule has 0 saturated heterocycles. The van der Waals surface area contributed by atoms with Crippen LogP contribution in [0.4, 0.5) is 5.13 Å². The normalized spacial score (nSPS) is 11.7. The minimum Gasteiger partial charge on any atom is -0.302 e. The summed E-state index contributed by atoms with van der Waals surface area (Å²) in [5.74, 6) is -0.209. The second-order valence-corrected chi connectivity index (χ2v) is 11.2. The Morgan fingerprint density at radius 2 is 1.89 bits per heavy atom. The first-order valence-corrected chi connectivity index (χ1v) is 11.7. The van der Waals surface area contributed by atoms with Crippen molar-refractivity contribution in [1.29, 1.82) is 0 Å². The quantitative estimate of drug-likeness (QED) is 0.592. The van der Waals surface area contributed by atoms with Gasteiger partial charge in [-0.3, -0.25) is 4.79 Å². The monoisotopic (exact) mass is 440 g/mol. The highest BCUT2D eigenvalue weighted by Gasteiger charge is 2.19. The molecule has 0 aliphatic heterocycles. The maximum atomic E-state index is 12.2. The second kappa shape index (κ2) is 8.10. The van der Waals surface area contributed by atoms with Gasteiger partial charge in [-0.2, -0.15) is 0 Å². The summed E-state index contributed by atoms with van der Waals surface area (Å²) in [7, 11) is -3.31. The molecule has 1 aromatic carbocycles. The van der Waals surface area contributed by atoms with Gasteiger partial charge in [-0.25, -0.2) is 13.4 Å². The molecule has 3 rings (SSSR count). The number of nitrogens with zero attached hydrogens (tertiary/aromatic N) is 1. The van der Waals surface area contributed by atoms with Gasteiger partial charge < -0.3 is 5.32 Å². The molecule has 0 spiro atoms. The molecule has 0 aliphatic carbocycles. The maximum absolute atomic E-state index is 12.2. The minimum absolute atomic E-state index is 0.141. The number of thiazole rings is 1. The Balaban J connectivity index is 1.64. The summed E-state index contributed by atoms with van der Waals surface area (Å²) in [6.07, 6.45) is 0.141. The van der Waals surface area contributed by atoms with Gasteiger partial charge in [0, 0.05) is 5.38 Å². The number of amides is 1. The number of hydrogen-bond acceptors (Lipinski definition) is 6. The van der Waals surface area contributed by atoms with Crippen LogP contribution in [-0.4, -0.2) is 24.6 Å². The van der Waals surface area contributed by atoms with Crippen LogP contribution in [0.1, 0.15) is 19.4 Å². The molecule has 0 fully saturated rings. The average Bonchev–Trinajstić information content (AvgIpc) is 3.24. The van der Waals surface area contributed by atoms with E-state index in [0.29, 0.717) is 9.47 Å². The summed E-state index contributed by atoms with van der Waals surface area (Å²) < 4.78 is 25.0. The maximum Gasteiger partial charge on any atom is 0.230 e. The van der Waals surface area contributed by atoms with Crippen LogP contribution in [0.15, 0.2) is 46.7 Å². The lowest BCUT2D eigenvalue weighted by Crippen LogP contribution is -2.15. The van der Waals surface area contributed by atoms with Gasteiger partial charge in [0.2, 0.25) is 5.91 Å². The van der Waals surface area contributed by atoms with E-state index in [1.165, 1.54) is 22.7 Å². The van der Waals surface area contributed by atoms with E-state index in [1.807, 2.05) is 17.5 Å². The summed E-state index contributed by atoms with van der Waals surface area (Å²) in [5, 5.41) is 4.67. The first-order chi connectivity index (χ1) is 12.8. The molecule has 3 aromatic rings. The van der Waals surface area contributed by atoms with E-state index in [1.54, 1.807) is 38.1 Å². The molecule has 9 heteroatoms. The second-order valence-electron chi connectivity index (χ2n) is 6.10. The minimum atomic E-state index is -3.31. The smallest absolute Gasteiger partial charge is 0.230 e. The summed E-state index contributed by atoms with van der Waals surface area (Å²) in [6.45, 7) is 3.28. The summed E-state index contributed by atoms with van der Waals surface area (Å²) in [5.41, 5.74) is 1.51. The highest BCUT2D eigenvalue weighted by atomic mass is 35.5. The Morgan fingerprint density at radius 1 is 1.19 bits per heavy atom. The van der Waals surface area contributed by atoms with E-state index >= 15 is 0 Å². The van der Waals surface area contributed by atoms with Gasteiger partial charge >= 0.3 is 0 Å². The van der Waals surface area contributed by atoms with Crippen LogP contribution in [0.3, 0.4) is 0 Å². The zero-order chi connectivity index (χ0) is 19.6. The first-order valence-electron chi connectivity index (χ1n) is 8.09. The molecule has 0 radical (unpaired) electrons. The van der Waals surface area contributed by atoms with Gasteiger partial charge in [0.1, 0.15) is 0 Å². The highest BCUT2D eigenvalue weighted by Crippen LogP contribution is 2.32. The van der Waals surface area contributed by atoms with Gasteiger partial charge in [-0.15, -0.1) is 22.7 Å². The fourth-order valence-electron chi connectivity index (χ4n) is 2.31. The van der Waals surface area contributed by atoms with Gasteiger partial charge in [0.15, 0.2) is 15.0 Å². The Labute approximate surface area is 171 Å². The molecule has 0 aliphatic rings. The van der Waals surface area contributed by atoms with E-state index in [-0.39, 0.29) is 17.2 Å². The molecular weight excluding hydrogens is 424 g/mol. The molecule has 0 atom stereocenters. The largest absolute Gasteiger partial charge is 0.302 e. The Bertz CT molecular complexity index is 1050. The number of thiophene rings is 1. The lowest BCUT2D eigenvalue weighted by molar-refractivity contribution is -0.115. The van der Waals surface area contributed by atoms with E-state index in [9.17, 15) is 13.2 Å². The van der Waals surface area contributed by atoms with Gasteiger partial charge in [-0.05, 0) is 43.7 Å². The lowest BCUT2D eigenvalue weighted by Gasteiger charge is -2.08. The number of benzene rings is 1. The van der Waals surface area contributed by atoms with Crippen LogP contribution >= 0.6 is 34.3 Å². The van der Waals surface area contributed by atoms with Crippen LogP contribution < -0.4 is 5.32 Å². The number of sulfone groups is 1. The summed E-state index contributed by atoms with van der Waals surface area (Å²) in [4.78, 5) is 17.8. The van der Waals surface area contributed by atoms with Crippen molar-refractivity contribution in [3.05, 3.63) is 51.7 Å². The standard InChI is InChI=1S/C18H17ClN2O3S3/c1-11(2)27(23,24)13-5-3-12(4-6-13)9-17(22)21-18-20-14(10-25-18)15-7-8-16(19)26-15/h3-8,10-11H,9H2,1-2H3,(H,20,21,22). The van der Waals surface area contributed by atoms with Crippen molar-refractivity contribution in [2.45, 2.75) is 30.4 Å². The number of carbonyl (C=O) groups excluding carboxylic acids is 1. The molecule has 0 unspecified atom stereocenters. The highest BCUT2D eigenvalue weighted by molar-refractivity contribution is 7.92. The predicted molar refractivity (Wildman–Crippen MR) is 112 cm³/mol. The molecule has 2 aromatic heterocycles. The average molecular weight is 441 g/mol. The summed E-state index contributed by atoms with van der Waals surface area (Å²) >= 11 is 8.71. The summed E-state index contributed by atoms with van der Waals surface area (Å²) in [6, 6.07) is 10.1. The van der Waals surface area contributed by atoms with E-state index in [0.717, 1.165) is 16.1 Å². The van der Waals surface area contributed by atoms with Crippen molar-refractivity contribution < 1.29 is 13.2 Å². The van der Waals surface area contributed by atoms with Crippen molar-refractivity contribution in [2.75, 3.05) is 5.32 Å². The van der Waals surface area contributed by atoms with Crippen molar-refractivity contribution in [2.24, 2.45) is 0 Å². The van der Waals surface area contributed by atoms with Gasteiger partial charge in [-0.1, -0.05) is 23.7 Å². The number of nitrogens with one attached hydrogen (secondary N) is 1. The first kappa shape index (κ1) is 20.0. The number of anilines is 1. The van der Waals surface area contributed by atoms with E-state index < -0.39 is 15.1 Å². The third-order valence-electron chi connectivity index (χ3n) is 3.81. The molecule has 27 heavy (non-hydrogen) atoms. The zero-order valence-corrected chi connectivity index (χ0v) is 17.8. The Morgan fingerprint density at radius 3 is 2.48 bits per heavy atom. The number of halogens is 1. The molecule has 0 bridgehead atoms. The van der Waals surface area contributed by atoms with Gasteiger partial charge in [0.05, 0.1) is 31.5 Å². The SMILES string of the molecule is CC(C)S(=O)(=O)c1ccc(CC(=O)Nc2nc(-c3ccc(Cl)s3)cs2)cc1. The molecule has 0 saturated carbocycles. The fourth-order valence-corrected chi connectivity index (χ4v) is 5.18. The topological polar surface area (TPSA) is 76.1 Å². The molecule has 2 heterocycles. The van der Waals surface area contributed by atoms with Crippen molar-refractivity contribution in [1.82, 2.24) is 4.98 Å². The number of carbonyl (C=O) groups is 1. The van der Waals surface area contributed by atoms with Crippen LogP contribution in [0.2, 0.25) is 4.34 Å².